The first-order valence-electron chi connectivity index (χ1n) is 9.24. The monoisotopic (exact) mass is 355 g/mol. The Balaban J connectivity index is 1.69. The highest BCUT2D eigenvalue weighted by atomic mass is 16.2. The van der Waals surface area contributed by atoms with Gasteiger partial charge in [0.05, 0.1) is 12.1 Å². The van der Waals surface area contributed by atoms with E-state index < -0.39 is 0 Å². The number of aromatic nitrogens is 4. The van der Waals surface area contributed by atoms with Gasteiger partial charge in [-0.25, -0.2) is 4.98 Å². The maximum atomic E-state index is 12.8. The minimum atomic E-state index is -0.207. The molecule has 8 heteroatoms. The summed E-state index contributed by atoms with van der Waals surface area (Å²) in [6.45, 7) is 5.01. The van der Waals surface area contributed by atoms with Crippen LogP contribution in [0.25, 0.3) is 0 Å². The molecule has 0 unspecified atom stereocenters. The fourth-order valence-electron chi connectivity index (χ4n) is 4.09. The quantitative estimate of drug-likeness (QED) is 0.781. The maximum Gasteiger partial charge on any atom is 0.243 e. The Morgan fingerprint density at radius 2 is 1.92 bits per heavy atom. The molecule has 2 aromatic rings. The molecule has 1 aliphatic carbocycles. The Kier molecular flexibility index (Phi) is 4.36. The second kappa shape index (κ2) is 6.68. The Hall–Kier alpha value is -2.48. The Labute approximate surface area is 152 Å². The van der Waals surface area contributed by atoms with Gasteiger partial charge in [-0.05, 0) is 26.7 Å². The third kappa shape index (κ3) is 3.16. The molecule has 2 aliphatic rings. The van der Waals surface area contributed by atoms with Gasteiger partial charge in [-0.3, -0.25) is 14.8 Å². The van der Waals surface area contributed by atoms with Gasteiger partial charge in [-0.1, -0.05) is 19.3 Å². The van der Waals surface area contributed by atoms with Gasteiger partial charge in [0.1, 0.15) is 5.82 Å². The molecular weight excluding hydrogens is 330 g/mol. The molecule has 3 heterocycles. The number of anilines is 3. The average Bonchev–Trinajstić information content (AvgIpc) is 3.00. The van der Waals surface area contributed by atoms with Crippen LogP contribution in [0.15, 0.2) is 12.1 Å². The van der Waals surface area contributed by atoms with Gasteiger partial charge in [0, 0.05) is 30.1 Å². The maximum absolute atomic E-state index is 12.8. The number of nitrogens with one attached hydrogen (secondary N) is 3. The van der Waals surface area contributed by atoms with Gasteiger partial charge >= 0.3 is 0 Å². The second-order valence-corrected chi connectivity index (χ2v) is 7.37. The van der Waals surface area contributed by atoms with Crippen molar-refractivity contribution in [3.05, 3.63) is 23.5 Å². The topological polar surface area (TPSA) is 98.8 Å². The molecule has 1 amide bonds. The number of nitrogens with zero attached hydrogens (tertiary/aromatic N) is 4. The molecule has 8 nitrogen and oxygen atoms in total. The highest BCUT2D eigenvalue weighted by Crippen LogP contribution is 2.37. The molecule has 138 valence electrons. The van der Waals surface area contributed by atoms with E-state index in [1.807, 2.05) is 30.9 Å². The zero-order valence-corrected chi connectivity index (χ0v) is 15.3. The van der Waals surface area contributed by atoms with Gasteiger partial charge in [0.25, 0.3) is 0 Å². The van der Waals surface area contributed by atoms with Crippen LogP contribution in [0, 0.1) is 13.8 Å². The van der Waals surface area contributed by atoms with Gasteiger partial charge in [0.2, 0.25) is 11.9 Å². The molecule has 1 aliphatic heterocycles. The zero-order valence-electron chi connectivity index (χ0n) is 15.3. The zero-order chi connectivity index (χ0) is 18.1. The van der Waals surface area contributed by atoms with Crippen molar-refractivity contribution in [1.82, 2.24) is 25.5 Å². The van der Waals surface area contributed by atoms with Crippen LogP contribution in [0.4, 0.5) is 17.6 Å². The molecule has 2 aromatic heterocycles. The fourth-order valence-corrected chi connectivity index (χ4v) is 4.09. The molecule has 0 atom stereocenters. The van der Waals surface area contributed by atoms with E-state index in [2.05, 4.69) is 30.8 Å². The van der Waals surface area contributed by atoms with E-state index in [1.54, 1.807) is 0 Å². The van der Waals surface area contributed by atoms with Crippen LogP contribution < -0.4 is 15.5 Å². The number of carbonyl (C=O) groups excluding carboxylic acids is 1. The first-order chi connectivity index (χ1) is 12.6. The minimum absolute atomic E-state index is 0.0466. The number of aryl methyl sites for hydroxylation is 2. The van der Waals surface area contributed by atoms with Crippen molar-refractivity contribution >= 4 is 23.5 Å². The Morgan fingerprint density at radius 1 is 1.12 bits per heavy atom. The molecule has 3 N–H and O–H groups in total. The van der Waals surface area contributed by atoms with Gasteiger partial charge < -0.3 is 10.6 Å². The molecule has 1 saturated heterocycles. The number of aromatic amines is 1. The number of amides is 1. The minimum Gasteiger partial charge on any atom is -0.323 e. The molecular formula is C18H25N7O. The average molecular weight is 355 g/mol. The number of rotatable bonds is 3. The third-order valence-corrected chi connectivity index (χ3v) is 5.24. The molecule has 1 spiro atoms. The number of piperazine rings is 1. The lowest BCUT2D eigenvalue weighted by atomic mass is 9.79. The molecule has 0 bridgehead atoms. The van der Waals surface area contributed by atoms with E-state index in [-0.39, 0.29) is 11.4 Å². The Bertz CT molecular complexity index is 804. The van der Waals surface area contributed by atoms with Crippen molar-refractivity contribution in [3.8, 4) is 0 Å². The Morgan fingerprint density at radius 3 is 2.65 bits per heavy atom. The normalized spacial score (nSPS) is 19.8. The van der Waals surface area contributed by atoms with E-state index in [0.717, 1.165) is 43.6 Å². The largest absolute Gasteiger partial charge is 0.323 e. The van der Waals surface area contributed by atoms with E-state index in [1.165, 1.54) is 6.42 Å². The van der Waals surface area contributed by atoms with Crippen molar-refractivity contribution in [3.63, 3.8) is 0 Å². The molecule has 0 aromatic carbocycles. The lowest BCUT2D eigenvalue weighted by Crippen LogP contribution is -2.65. The molecule has 2 fully saturated rings. The predicted molar refractivity (Wildman–Crippen MR) is 99.5 cm³/mol. The summed E-state index contributed by atoms with van der Waals surface area (Å²) in [6.07, 6.45) is 5.47. The van der Waals surface area contributed by atoms with Crippen LogP contribution in [0.5, 0.6) is 0 Å². The van der Waals surface area contributed by atoms with Crippen LogP contribution >= 0.6 is 0 Å². The number of hydrogen-bond acceptors (Lipinski definition) is 6. The summed E-state index contributed by atoms with van der Waals surface area (Å²) >= 11 is 0. The summed E-state index contributed by atoms with van der Waals surface area (Å²) in [7, 11) is 0. The summed E-state index contributed by atoms with van der Waals surface area (Å²) in [5.41, 5.74) is 1.58. The third-order valence-electron chi connectivity index (χ3n) is 5.24. The van der Waals surface area contributed by atoms with Crippen molar-refractivity contribution in [2.24, 2.45) is 0 Å². The fraction of sp³-hybridized carbons (Fsp3) is 0.556. The smallest absolute Gasteiger partial charge is 0.243 e. The summed E-state index contributed by atoms with van der Waals surface area (Å²) < 4.78 is 0. The van der Waals surface area contributed by atoms with Crippen LogP contribution in [0.3, 0.4) is 0 Å². The van der Waals surface area contributed by atoms with Crippen LogP contribution in [0.2, 0.25) is 0 Å². The van der Waals surface area contributed by atoms with Crippen molar-refractivity contribution in [2.45, 2.75) is 51.5 Å². The highest BCUT2D eigenvalue weighted by molar-refractivity contribution is 5.95. The van der Waals surface area contributed by atoms with E-state index in [0.29, 0.717) is 24.1 Å². The van der Waals surface area contributed by atoms with Crippen molar-refractivity contribution in [1.29, 1.82) is 0 Å². The van der Waals surface area contributed by atoms with Gasteiger partial charge in [0.15, 0.2) is 5.82 Å². The van der Waals surface area contributed by atoms with Crippen molar-refractivity contribution < 1.29 is 4.79 Å². The summed E-state index contributed by atoms with van der Waals surface area (Å²) in [5.74, 6) is 1.89. The van der Waals surface area contributed by atoms with Gasteiger partial charge in [-0.15, -0.1) is 0 Å². The second-order valence-electron chi connectivity index (χ2n) is 7.37. The standard InChI is InChI=1S/C18H25N7O/c1-12-8-14(21-15-9-13(2)23-24-15)22-17(20-12)25-16(26)10-19-11-18(25)6-4-3-5-7-18/h8-9,19H,3-7,10-11H2,1-2H3,(H2,20,21,22,23,24). The summed E-state index contributed by atoms with van der Waals surface area (Å²) in [4.78, 5) is 23.9. The number of hydrogen-bond donors (Lipinski definition) is 3. The lowest BCUT2D eigenvalue weighted by molar-refractivity contribution is -0.120. The van der Waals surface area contributed by atoms with Gasteiger partial charge in [-0.2, -0.15) is 10.1 Å². The first-order valence-corrected chi connectivity index (χ1v) is 9.24. The van der Waals surface area contributed by atoms with Crippen LogP contribution in [-0.2, 0) is 4.79 Å². The van der Waals surface area contributed by atoms with E-state index in [9.17, 15) is 4.79 Å². The molecule has 0 radical (unpaired) electrons. The molecule has 1 saturated carbocycles. The number of carbonyl (C=O) groups is 1. The van der Waals surface area contributed by atoms with Crippen molar-refractivity contribution in [2.75, 3.05) is 23.3 Å². The number of H-pyrrole nitrogens is 1. The van der Waals surface area contributed by atoms with E-state index in [4.69, 9.17) is 0 Å². The summed E-state index contributed by atoms with van der Waals surface area (Å²) in [5, 5.41) is 13.6. The van der Waals surface area contributed by atoms with Crippen LogP contribution in [-0.4, -0.2) is 44.7 Å². The van der Waals surface area contributed by atoms with Crippen LogP contribution in [0.1, 0.15) is 43.5 Å². The van der Waals surface area contributed by atoms with E-state index >= 15 is 0 Å². The first kappa shape index (κ1) is 17.0. The predicted octanol–water partition coefficient (Wildman–Crippen LogP) is 2.20. The SMILES string of the molecule is Cc1cc(Nc2cc(C)[nH]n2)nc(N2C(=O)CNCC23CCCCC3)n1. The lowest BCUT2D eigenvalue weighted by Gasteiger charge is -2.48. The molecule has 26 heavy (non-hydrogen) atoms. The highest BCUT2D eigenvalue weighted by Gasteiger charge is 2.45. The summed E-state index contributed by atoms with van der Waals surface area (Å²) in [6, 6.07) is 3.78. The molecule has 4 rings (SSSR count).